The molecule has 0 amide bonds. The average Bonchev–Trinajstić information content (AvgIpc) is 2.70. The van der Waals surface area contributed by atoms with Gasteiger partial charge in [0.05, 0.1) is 0 Å². The number of aryl methyl sites for hydroxylation is 4. The molecule has 0 unspecified atom stereocenters. The van der Waals surface area contributed by atoms with Crippen molar-refractivity contribution in [3.63, 3.8) is 0 Å². The van der Waals surface area contributed by atoms with Crippen molar-refractivity contribution in [2.45, 2.75) is 81.6 Å². The molecule has 0 spiro atoms. The zero-order valence-corrected chi connectivity index (χ0v) is 19.6. The van der Waals surface area contributed by atoms with Crippen molar-refractivity contribution in [3.8, 4) is 0 Å². The molecule has 0 N–H and O–H groups in total. The van der Waals surface area contributed by atoms with Gasteiger partial charge in [-0.25, -0.2) is 0 Å². The van der Waals surface area contributed by atoms with Gasteiger partial charge in [-0.05, 0) is 56.9 Å². The molecular weight excluding hydrogens is 342 g/mol. The fourth-order valence-corrected chi connectivity index (χ4v) is 2.42. The Morgan fingerprint density at radius 3 is 1.96 bits per heavy atom. The van der Waals surface area contributed by atoms with E-state index in [1.165, 1.54) is 23.1 Å². The first kappa shape index (κ1) is 28.0. The van der Waals surface area contributed by atoms with Crippen LogP contribution < -0.4 is 0 Å². The van der Waals surface area contributed by atoms with E-state index in [1.54, 1.807) is 6.92 Å². The van der Waals surface area contributed by atoms with Gasteiger partial charge in [0.25, 0.3) is 0 Å². The molecule has 2 aromatic rings. The molecule has 2 nitrogen and oxygen atoms in total. The second kappa shape index (κ2) is 16.9. The fourth-order valence-electron chi connectivity index (χ4n) is 2.42. The van der Waals surface area contributed by atoms with Crippen molar-refractivity contribution in [1.82, 2.24) is 4.98 Å². The van der Waals surface area contributed by atoms with Crippen LogP contribution in [0.25, 0.3) is 6.08 Å². The maximum atomic E-state index is 11.0. The lowest BCUT2D eigenvalue weighted by Crippen LogP contribution is -2.00. The lowest BCUT2D eigenvalue weighted by Gasteiger charge is -2.03. The van der Waals surface area contributed by atoms with E-state index >= 15 is 0 Å². The van der Waals surface area contributed by atoms with E-state index in [4.69, 9.17) is 0 Å². The van der Waals surface area contributed by atoms with Crippen LogP contribution in [0.4, 0.5) is 0 Å². The lowest BCUT2D eigenvalue weighted by molar-refractivity contribution is 0.101. The first-order valence-corrected chi connectivity index (χ1v) is 10.5. The molecule has 0 aliphatic carbocycles. The molecule has 0 radical (unpaired) electrons. The summed E-state index contributed by atoms with van der Waals surface area (Å²) in [6.45, 7) is 21.8. The van der Waals surface area contributed by atoms with Crippen LogP contribution in [0.1, 0.15) is 93.3 Å². The van der Waals surface area contributed by atoms with Crippen LogP contribution in [0.5, 0.6) is 0 Å². The second-order valence-electron chi connectivity index (χ2n) is 6.31. The number of hydrogen-bond donors (Lipinski definition) is 0. The SMILES string of the molecule is C=Cc1ccc(C)cc1CC.CC.CCC.CCc1ccc(C(C)=O)c(C)n1. The highest BCUT2D eigenvalue weighted by molar-refractivity contribution is 5.95. The zero-order valence-electron chi connectivity index (χ0n) is 19.6. The summed E-state index contributed by atoms with van der Waals surface area (Å²) in [6.07, 6.45) is 5.17. The van der Waals surface area contributed by atoms with Crippen LogP contribution in [0.3, 0.4) is 0 Å². The number of hydrogen-bond acceptors (Lipinski definition) is 2. The molecule has 0 fully saturated rings. The summed E-state index contributed by atoms with van der Waals surface area (Å²) in [6, 6.07) is 10.2. The molecule has 156 valence electrons. The van der Waals surface area contributed by atoms with Crippen molar-refractivity contribution < 1.29 is 4.79 Å². The zero-order chi connectivity index (χ0) is 22.1. The molecule has 0 saturated carbocycles. The van der Waals surface area contributed by atoms with Gasteiger partial charge in [0.2, 0.25) is 0 Å². The topological polar surface area (TPSA) is 30.0 Å². The standard InChI is InChI=1S/C11H14.C10H13NO.C3H8.C2H6/c1-4-10-7-6-9(3)8-11(10)5-2;1-4-9-5-6-10(8(3)12)7(2)11-9;1-3-2;1-2/h4,6-8H,1,5H2,2-3H3;5-6H,4H2,1-3H3;3H2,1-2H3;1-2H3. The van der Waals surface area contributed by atoms with E-state index in [9.17, 15) is 4.79 Å². The molecule has 0 aliphatic rings. The van der Waals surface area contributed by atoms with E-state index in [1.807, 2.05) is 39.0 Å². The Bertz CT molecular complexity index is 702. The van der Waals surface area contributed by atoms with Gasteiger partial charge in [0.15, 0.2) is 5.78 Å². The summed E-state index contributed by atoms with van der Waals surface area (Å²) in [7, 11) is 0. The molecule has 2 heteroatoms. The Kier molecular flexibility index (Phi) is 16.9. The average molecular weight is 384 g/mol. The largest absolute Gasteiger partial charge is 0.294 e. The normalized spacial score (nSPS) is 8.89. The molecule has 0 atom stereocenters. The minimum atomic E-state index is 0.0858. The summed E-state index contributed by atoms with van der Waals surface area (Å²) >= 11 is 0. The predicted molar refractivity (Wildman–Crippen MR) is 126 cm³/mol. The van der Waals surface area contributed by atoms with Crippen molar-refractivity contribution in [2.24, 2.45) is 0 Å². The number of nitrogens with zero attached hydrogens (tertiary/aromatic N) is 1. The summed E-state index contributed by atoms with van der Waals surface area (Å²) in [5.41, 5.74) is 6.58. The van der Waals surface area contributed by atoms with Gasteiger partial charge >= 0.3 is 0 Å². The van der Waals surface area contributed by atoms with Crippen LogP contribution >= 0.6 is 0 Å². The lowest BCUT2D eigenvalue weighted by atomic mass is 10.0. The van der Waals surface area contributed by atoms with E-state index in [-0.39, 0.29) is 5.78 Å². The van der Waals surface area contributed by atoms with Crippen LogP contribution in [-0.4, -0.2) is 10.8 Å². The van der Waals surface area contributed by atoms with Crippen molar-refractivity contribution >= 4 is 11.9 Å². The van der Waals surface area contributed by atoms with Gasteiger partial charge in [-0.3, -0.25) is 9.78 Å². The van der Waals surface area contributed by atoms with Crippen molar-refractivity contribution in [1.29, 1.82) is 0 Å². The van der Waals surface area contributed by atoms with Crippen molar-refractivity contribution in [2.75, 3.05) is 0 Å². The Labute approximate surface area is 174 Å². The minimum absolute atomic E-state index is 0.0858. The fraction of sp³-hybridized carbons (Fsp3) is 0.462. The van der Waals surface area contributed by atoms with Gasteiger partial charge in [0, 0.05) is 17.0 Å². The van der Waals surface area contributed by atoms with Crippen LogP contribution in [0, 0.1) is 13.8 Å². The van der Waals surface area contributed by atoms with Gasteiger partial charge in [-0.2, -0.15) is 0 Å². The number of benzene rings is 1. The van der Waals surface area contributed by atoms with Gasteiger partial charge in [0.1, 0.15) is 0 Å². The molecule has 0 saturated heterocycles. The molecule has 1 aromatic carbocycles. The number of carbonyl (C=O) groups is 1. The Balaban J connectivity index is 0. The van der Waals surface area contributed by atoms with Gasteiger partial charge < -0.3 is 0 Å². The minimum Gasteiger partial charge on any atom is -0.294 e. The van der Waals surface area contributed by atoms with Gasteiger partial charge in [-0.1, -0.05) is 84.4 Å². The monoisotopic (exact) mass is 383 g/mol. The number of pyridine rings is 1. The molecule has 0 bridgehead atoms. The Hall–Kier alpha value is -2.22. The second-order valence-corrected chi connectivity index (χ2v) is 6.31. The Morgan fingerprint density at radius 1 is 1.00 bits per heavy atom. The van der Waals surface area contributed by atoms with E-state index in [0.29, 0.717) is 0 Å². The third-order valence-corrected chi connectivity index (χ3v) is 3.78. The summed E-state index contributed by atoms with van der Waals surface area (Å²) in [4.78, 5) is 15.3. The van der Waals surface area contributed by atoms with E-state index in [0.717, 1.165) is 29.8 Å². The highest BCUT2D eigenvalue weighted by Crippen LogP contribution is 2.13. The summed E-state index contributed by atoms with van der Waals surface area (Å²) in [5.74, 6) is 0.0858. The molecule has 1 aromatic heterocycles. The number of rotatable bonds is 4. The van der Waals surface area contributed by atoms with Crippen LogP contribution in [0.15, 0.2) is 36.9 Å². The Morgan fingerprint density at radius 2 is 1.57 bits per heavy atom. The van der Waals surface area contributed by atoms with E-state index in [2.05, 4.69) is 64.4 Å². The molecular formula is C26H41NO. The predicted octanol–water partition coefficient (Wildman–Crippen LogP) is 7.80. The third kappa shape index (κ3) is 10.8. The maximum absolute atomic E-state index is 11.0. The number of carbonyl (C=O) groups excluding carboxylic acids is 1. The molecule has 2 rings (SSSR count). The smallest absolute Gasteiger partial charge is 0.161 e. The number of aromatic nitrogens is 1. The van der Waals surface area contributed by atoms with E-state index < -0.39 is 0 Å². The number of ketones is 1. The maximum Gasteiger partial charge on any atom is 0.161 e. The third-order valence-electron chi connectivity index (χ3n) is 3.78. The first-order valence-electron chi connectivity index (χ1n) is 10.5. The first-order chi connectivity index (χ1) is 13.3. The number of Topliss-reactive ketones (excluding diaryl/α,β-unsaturated/α-hetero) is 1. The van der Waals surface area contributed by atoms with Crippen molar-refractivity contribution in [3.05, 3.63) is 70.6 Å². The van der Waals surface area contributed by atoms with Gasteiger partial charge in [-0.15, -0.1) is 0 Å². The molecule has 0 aliphatic heterocycles. The van der Waals surface area contributed by atoms with Crippen LogP contribution in [-0.2, 0) is 12.8 Å². The summed E-state index contributed by atoms with van der Waals surface area (Å²) < 4.78 is 0. The quantitative estimate of drug-likeness (QED) is 0.504. The highest BCUT2D eigenvalue weighted by atomic mass is 16.1. The van der Waals surface area contributed by atoms with Crippen LogP contribution in [0.2, 0.25) is 0 Å². The molecule has 1 heterocycles. The molecule has 28 heavy (non-hydrogen) atoms. The summed E-state index contributed by atoms with van der Waals surface area (Å²) in [5, 5.41) is 0. The highest BCUT2D eigenvalue weighted by Gasteiger charge is 2.04.